The summed E-state index contributed by atoms with van der Waals surface area (Å²) in [7, 11) is -1.00. The Balaban J connectivity index is -0.0000000654. The van der Waals surface area contributed by atoms with Crippen LogP contribution in [0.2, 0.25) is 0 Å². The molecule has 0 spiro atoms. The maximum Gasteiger partial charge on any atom is 0.501 e. The number of hydrogen-bond acceptors (Lipinski definition) is 4. The number of rotatable bonds is 0. The van der Waals surface area contributed by atoms with Crippen LogP contribution in [0.25, 0.3) is 0 Å². The predicted octanol–water partition coefficient (Wildman–Crippen LogP) is 1.09. The Bertz CT molecular complexity index is 171. The van der Waals surface area contributed by atoms with Crippen LogP contribution in [-0.4, -0.2) is 24.9 Å². The molecule has 79 valence electrons. The zero-order valence-corrected chi connectivity index (χ0v) is 13.2. The van der Waals surface area contributed by atoms with Crippen LogP contribution < -0.4 is 0 Å². The van der Waals surface area contributed by atoms with Crippen molar-refractivity contribution in [3.05, 3.63) is 6.92 Å². The maximum absolute atomic E-state index is 9.96. The van der Waals surface area contributed by atoms with Crippen molar-refractivity contribution < 1.29 is 68.9 Å². The van der Waals surface area contributed by atoms with Gasteiger partial charge in [0.2, 0.25) is 0 Å². The molecular formula is C8H14AcFO4+. The van der Waals surface area contributed by atoms with Gasteiger partial charge < -0.3 is 9.53 Å². The Morgan fingerprint density at radius 1 is 1.29 bits per heavy atom. The van der Waals surface area contributed by atoms with Crippen molar-refractivity contribution in [1.29, 1.82) is 0 Å². The summed E-state index contributed by atoms with van der Waals surface area (Å²) in [5.41, 5.74) is 0. The van der Waals surface area contributed by atoms with Gasteiger partial charge in [-0.05, 0) is 13.8 Å². The summed E-state index contributed by atoms with van der Waals surface area (Å²) in [6, 6.07) is 0. The summed E-state index contributed by atoms with van der Waals surface area (Å²) in [6.45, 7) is 6.99. The Hall–Kier alpha value is 0.0516. The fourth-order valence-electron chi connectivity index (χ4n) is 0.160. The first-order chi connectivity index (χ1) is 6.27. The van der Waals surface area contributed by atoms with Crippen LogP contribution in [0.5, 0.6) is 0 Å². The number of halogens is 1. The van der Waals surface area contributed by atoms with E-state index in [4.69, 9.17) is 1.37 Å². The second kappa shape index (κ2) is 18.8. The van der Waals surface area contributed by atoms with E-state index in [0.29, 0.717) is 0 Å². The number of Topliss-reactive ketones (excluding diaryl/α,β-unsaturated/α-hetero) is 1. The normalized spacial score (nSPS) is 7.00. The zero-order valence-electron chi connectivity index (χ0n) is 9.50. The first-order valence-electron chi connectivity index (χ1n) is 3.85. The maximum atomic E-state index is 9.96. The summed E-state index contributed by atoms with van der Waals surface area (Å²) >= 11 is 0. The van der Waals surface area contributed by atoms with Crippen molar-refractivity contribution in [2.75, 3.05) is 7.15 Å². The van der Waals surface area contributed by atoms with E-state index in [2.05, 4.69) is 11.7 Å². The van der Waals surface area contributed by atoms with Crippen molar-refractivity contribution in [3.8, 4) is 0 Å². The topological polar surface area (TPSA) is 60.4 Å². The molecule has 0 atom stereocenters. The molecule has 0 rings (SSSR count). The quantitative estimate of drug-likeness (QED) is 0.334. The van der Waals surface area contributed by atoms with Crippen molar-refractivity contribution in [1.82, 2.24) is 0 Å². The predicted molar refractivity (Wildman–Crippen MR) is 45.5 cm³/mol. The molecule has 0 fully saturated rings. The van der Waals surface area contributed by atoms with Gasteiger partial charge in [0.1, 0.15) is 5.78 Å². The molecule has 0 aliphatic carbocycles. The Labute approximate surface area is 121 Å². The van der Waals surface area contributed by atoms with Gasteiger partial charge in [-0.15, -0.1) is 0 Å². The van der Waals surface area contributed by atoms with E-state index in [1.165, 1.54) is 13.8 Å². The molecule has 0 aromatic rings. The van der Waals surface area contributed by atoms with Crippen LogP contribution in [-0.2, 0) is 19.1 Å². The molecule has 6 heteroatoms. The number of ether oxygens (including phenoxy) is 1. The van der Waals surface area contributed by atoms with Crippen LogP contribution in [0.3, 0.4) is 0 Å². The third-order valence-corrected chi connectivity index (χ3v) is 0.258. The molecule has 0 saturated carbocycles. The molecule has 0 saturated heterocycles. The monoisotopic (exact) mass is 421 g/mol. The van der Waals surface area contributed by atoms with E-state index in [0.717, 1.165) is 6.92 Å². The summed E-state index contributed by atoms with van der Waals surface area (Å²) in [4.78, 5) is 28.9. The minimum absolute atomic E-state index is 0. The summed E-state index contributed by atoms with van der Waals surface area (Å²) in [5, 5.41) is 0. The Morgan fingerprint density at radius 2 is 1.50 bits per heavy atom. The Morgan fingerprint density at radius 3 is 1.50 bits per heavy atom. The second-order valence-electron chi connectivity index (χ2n) is 1.87. The minimum Gasteiger partial charge on any atom is -0.356 e. The molecule has 0 amide bonds. The van der Waals surface area contributed by atoms with E-state index in [9.17, 15) is 18.8 Å². The van der Waals surface area contributed by atoms with E-state index in [1.807, 2.05) is 0 Å². The molecule has 0 N–H and O–H groups in total. The van der Waals surface area contributed by atoms with E-state index in [1.54, 1.807) is 0 Å². The zero-order chi connectivity index (χ0) is 12.1. The molecule has 0 aliphatic heterocycles. The third-order valence-electron chi connectivity index (χ3n) is 0.258. The smallest absolute Gasteiger partial charge is 0.356 e. The average Bonchev–Trinajstić information content (AvgIpc) is 1.82. The number of carbonyl (C=O) groups excluding carboxylic acids is 3. The summed E-state index contributed by atoms with van der Waals surface area (Å²) in [6.07, 6.45) is 0. The molecule has 14 heavy (non-hydrogen) atoms. The van der Waals surface area contributed by atoms with E-state index in [-0.39, 0.29) is 49.8 Å². The van der Waals surface area contributed by atoms with Gasteiger partial charge in [-0.2, -0.15) is 4.79 Å². The third kappa shape index (κ3) is 89.7. The van der Waals surface area contributed by atoms with Gasteiger partial charge in [0.05, 0.1) is 8.52 Å². The molecule has 0 heterocycles. The molecule has 0 aromatic heterocycles. The van der Waals surface area contributed by atoms with Gasteiger partial charge >= 0.3 is 11.9 Å². The molecule has 0 bridgehead atoms. The molecule has 1 radical (unpaired) electrons. The summed E-state index contributed by atoms with van der Waals surface area (Å²) < 4.78 is 19.4. The summed E-state index contributed by atoms with van der Waals surface area (Å²) in [5.74, 6) is -1.27. The largest absolute Gasteiger partial charge is 0.501 e. The van der Waals surface area contributed by atoms with Crippen molar-refractivity contribution in [2.24, 2.45) is 0 Å². The number of carbonyl (C=O) groups is 3. The van der Waals surface area contributed by atoms with Gasteiger partial charge in [0.15, 0.2) is 6.92 Å². The van der Waals surface area contributed by atoms with E-state index < -0.39 is 19.1 Å². The standard InChI is InChI=1S/C4H5O3.C3H6O.CH3F.Ac/c1-3(5)7-4(2)6;1-3(2)4;1-2;/h1H2,2H3;1-2H3;1H3;/q+1;;;/i;;1D;. The number of ketones is 1. The van der Waals surface area contributed by atoms with Crippen LogP contribution in [0.15, 0.2) is 0 Å². The first kappa shape index (κ1) is 19.6. The number of hydrogen-bond donors (Lipinski definition) is 0. The van der Waals surface area contributed by atoms with Crippen molar-refractivity contribution in [3.63, 3.8) is 0 Å². The van der Waals surface area contributed by atoms with E-state index >= 15 is 0 Å². The first-order valence-corrected chi connectivity index (χ1v) is 3.14. The SMILES string of the molecule is CC(C)=O.[2H]CF.[Ac].[CH2+]C(=O)OC(C)=O. The van der Waals surface area contributed by atoms with Crippen molar-refractivity contribution in [2.45, 2.75) is 20.8 Å². The second-order valence-corrected chi connectivity index (χ2v) is 1.87. The van der Waals surface area contributed by atoms with Gasteiger partial charge in [0, 0.05) is 51.0 Å². The molecule has 0 aliphatic rings. The molecule has 0 aromatic carbocycles. The number of esters is 2. The van der Waals surface area contributed by atoms with Crippen LogP contribution in [0.1, 0.15) is 22.1 Å². The van der Waals surface area contributed by atoms with Gasteiger partial charge in [-0.3, -0.25) is 9.18 Å². The van der Waals surface area contributed by atoms with Gasteiger partial charge in [-0.25, -0.2) is 0 Å². The number of alkyl halides is 1. The van der Waals surface area contributed by atoms with Crippen LogP contribution >= 0.6 is 0 Å². The molecule has 4 nitrogen and oxygen atoms in total. The molecule has 0 unspecified atom stereocenters. The minimum atomic E-state index is -1.00. The average molecular weight is 421 g/mol. The molecular weight excluding hydrogens is 406 g/mol. The fraction of sp³-hybridized carbons (Fsp3) is 0.500. The van der Waals surface area contributed by atoms with Crippen molar-refractivity contribution >= 4 is 17.7 Å². The fourth-order valence-corrected chi connectivity index (χ4v) is 0.160. The van der Waals surface area contributed by atoms with Crippen LogP contribution in [0, 0.1) is 51.0 Å². The van der Waals surface area contributed by atoms with Gasteiger partial charge in [0.25, 0.3) is 0 Å². The Kier molecular flexibility index (Phi) is 26.3. The van der Waals surface area contributed by atoms with Crippen LogP contribution in [0.4, 0.5) is 4.39 Å². The van der Waals surface area contributed by atoms with Gasteiger partial charge in [-0.1, -0.05) is 0 Å².